The van der Waals surface area contributed by atoms with Gasteiger partial charge < -0.3 is 19.5 Å². The number of hydrogen-bond acceptors (Lipinski definition) is 7. The van der Waals surface area contributed by atoms with Gasteiger partial charge in [-0.15, -0.1) is 0 Å². The SMILES string of the molecule is COC[C@@]1(COc2cc3c(N[C@H](C)c4cccc(C(F)F)c4C)nc(C)nc3cc2OC)CCCN1C. The molecular formula is C28H36F2N4O3. The van der Waals surface area contributed by atoms with Crippen LogP contribution in [0.25, 0.3) is 10.9 Å². The number of aromatic nitrogens is 2. The van der Waals surface area contributed by atoms with E-state index in [2.05, 4.69) is 27.2 Å². The Hall–Kier alpha value is -3.04. The van der Waals surface area contributed by atoms with Crippen LogP contribution in [0.1, 0.15) is 54.7 Å². The molecule has 2 aromatic carbocycles. The molecule has 0 aliphatic carbocycles. The van der Waals surface area contributed by atoms with Crippen molar-refractivity contribution in [2.24, 2.45) is 0 Å². The number of anilines is 1. The highest BCUT2D eigenvalue weighted by molar-refractivity contribution is 5.92. The van der Waals surface area contributed by atoms with E-state index in [1.807, 2.05) is 32.0 Å². The summed E-state index contributed by atoms with van der Waals surface area (Å²) < 4.78 is 44.5. The topological polar surface area (TPSA) is 68.7 Å². The van der Waals surface area contributed by atoms with Crippen molar-refractivity contribution < 1.29 is 23.0 Å². The van der Waals surface area contributed by atoms with Crippen LogP contribution in [0, 0.1) is 13.8 Å². The molecule has 9 heteroatoms. The Kier molecular flexibility index (Phi) is 8.14. The summed E-state index contributed by atoms with van der Waals surface area (Å²) in [5, 5.41) is 4.19. The van der Waals surface area contributed by atoms with Gasteiger partial charge in [-0.3, -0.25) is 4.90 Å². The van der Waals surface area contributed by atoms with Gasteiger partial charge in [0.1, 0.15) is 18.2 Å². The first-order chi connectivity index (χ1) is 17.7. The number of methoxy groups -OCH3 is 2. The molecule has 2 atom stereocenters. The summed E-state index contributed by atoms with van der Waals surface area (Å²) in [6, 6.07) is 8.46. The van der Waals surface area contributed by atoms with E-state index in [0.717, 1.165) is 30.3 Å². The van der Waals surface area contributed by atoms with Crippen LogP contribution in [-0.2, 0) is 4.74 Å². The second-order valence-electron chi connectivity index (χ2n) is 9.84. The molecule has 1 aliphatic rings. The highest BCUT2D eigenvalue weighted by Crippen LogP contribution is 2.38. The van der Waals surface area contributed by atoms with E-state index >= 15 is 0 Å². The molecule has 0 radical (unpaired) electrons. The number of nitrogens with one attached hydrogen (secondary N) is 1. The van der Waals surface area contributed by atoms with Crippen LogP contribution in [0.2, 0.25) is 0 Å². The van der Waals surface area contributed by atoms with Crippen LogP contribution >= 0.6 is 0 Å². The maximum absolute atomic E-state index is 13.5. The van der Waals surface area contributed by atoms with E-state index in [1.54, 1.807) is 27.2 Å². The summed E-state index contributed by atoms with van der Waals surface area (Å²) in [4.78, 5) is 11.5. The fourth-order valence-electron chi connectivity index (χ4n) is 5.26. The molecule has 2 heterocycles. The monoisotopic (exact) mass is 514 g/mol. The van der Waals surface area contributed by atoms with Gasteiger partial charge in [-0.25, -0.2) is 18.7 Å². The standard InChI is InChI=1S/C28H36F2N4O3/c1-17-20(9-7-10-21(17)26(29)30)18(2)31-27-22-13-25(24(36-6)14-23(22)32-19(3)33-27)37-16-28(15-35-5)11-8-12-34(28)4/h7,9-10,13-14,18,26H,8,11-12,15-16H2,1-6H3,(H,31,32,33)/t18-,28-/m1/s1. The van der Waals surface area contributed by atoms with Gasteiger partial charge in [-0.2, -0.15) is 0 Å². The zero-order chi connectivity index (χ0) is 26.7. The Morgan fingerprint density at radius 2 is 1.84 bits per heavy atom. The quantitative estimate of drug-likeness (QED) is 0.364. The first kappa shape index (κ1) is 27.0. The zero-order valence-electron chi connectivity index (χ0n) is 22.4. The molecule has 0 amide bonds. The second kappa shape index (κ2) is 11.1. The van der Waals surface area contributed by atoms with Gasteiger partial charge in [0.15, 0.2) is 11.5 Å². The normalized spacial score (nSPS) is 18.9. The molecule has 200 valence electrons. The average molecular weight is 515 g/mol. The Morgan fingerprint density at radius 3 is 2.49 bits per heavy atom. The molecule has 1 fully saturated rings. The summed E-state index contributed by atoms with van der Waals surface area (Å²) in [5.41, 5.74) is 1.90. The van der Waals surface area contributed by atoms with Crippen LogP contribution in [0.15, 0.2) is 30.3 Å². The highest BCUT2D eigenvalue weighted by atomic mass is 19.3. The van der Waals surface area contributed by atoms with Crippen LogP contribution in [0.3, 0.4) is 0 Å². The van der Waals surface area contributed by atoms with Crippen molar-refractivity contribution in [2.45, 2.75) is 51.6 Å². The molecule has 37 heavy (non-hydrogen) atoms. The number of nitrogens with zero attached hydrogens (tertiary/aromatic N) is 3. The van der Waals surface area contributed by atoms with Gasteiger partial charge >= 0.3 is 0 Å². The summed E-state index contributed by atoms with van der Waals surface area (Å²) in [6.07, 6.45) is -0.456. The zero-order valence-corrected chi connectivity index (χ0v) is 22.4. The van der Waals surface area contributed by atoms with Gasteiger partial charge in [0, 0.05) is 24.1 Å². The van der Waals surface area contributed by atoms with E-state index in [0.29, 0.717) is 47.4 Å². The van der Waals surface area contributed by atoms with E-state index in [-0.39, 0.29) is 17.1 Å². The molecule has 0 unspecified atom stereocenters. The molecule has 4 rings (SSSR count). The third-order valence-electron chi connectivity index (χ3n) is 7.42. The summed E-state index contributed by atoms with van der Waals surface area (Å²) in [5.74, 6) is 2.36. The summed E-state index contributed by atoms with van der Waals surface area (Å²) in [6.45, 7) is 7.50. The third-order valence-corrected chi connectivity index (χ3v) is 7.42. The Bertz CT molecular complexity index is 1260. The first-order valence-electron chi connectivity index (χ1n) is 12.5. The van der Waals surface area contributed by atoms with Crippen molar-refractivity contribution in [2.75, 3.05) is 46.3 Å². The molecule has 1 N–H and O–H groups in total. The maximum atomic E-state index is 13.5. The van der Waals surface area contributed by atoms with Crippen LogP contribution in [0.4, 0.5) is 14.6 Å². The molecule has 3 aromatic rings. The van der Waals surface area contributed by atoms with Gasteiger partial charge in [0.25, 0.3) is 6.43 Å². The number of fused-ring (bicyclic) bond motifs is 1. The Balaban J connectivity index is 1.69. The minimum atomic E-state index is -2.53. The summed E-state index contributed by atoms with van der Waals surface area (Å²) in [7, 11) is 5.41. The molecule has 0 spiro atoms. The largest absolute Gasteiger partial charge is 0.493 e. The average Bonchev–Trinajstić information content (AvgIpc) is 3.22. The van der Waals surface area contributed by atoms with Gasteiger partial charge in [0.2, 0.25) is 0 Å². The van der Waals surface area contributed by atoms with Crippen molar-refractivity contribution in [1.29, 1.82) is 0 Å². The highest BCUT2D eigenvalue weighted by Gasteiger charge is 2.40. The molecule has 0 saturated carbocycles. The van der Waals surface area contributed by atoms with Gasteiger partial charge in [-0.05, 0) is 64.4 Å². The van der Waals surface area contributed by atoms with Crippen LogP contribution < -0.4 is 14.8 Å². The Morgan fingerprint density at radius 1 is 1.08 bits per heavy atom. The lowest BCUT2D eigenvalue weighted by atomic mass is 9.97. The molecule has 1 aromatic heterocycles. The number of rotatable bonds is 10. The molecular weight excluding hydrogens is 478 g/mol. The number of likely N-dealkylation sites (tertiary alicyclic amines) is 1. The predicted octanol–water partition coefficient (Wildman–Crippen LogP) is 5.86. The number of ether oxygens (including phenoxy) is 3. The minimum absolute atomic E-state index is 0.0390. The molecule has 0 bridgehead atoms. The smallest absolute Gasteiger partial charge is 0.264 e. The van der Waals surface area contributed by atoms with E-state index in [1.165, 1.54) is 6.07 Å². The van der Waals surface area contributed by atoms with Crippen LogP contribution in [0.5, 0.6) is 11.5 Å². The molecule has 7 nitrogen and oxygen atoms in total. The van der Waals surface area contributed by atoms with Crippen molar-refractivity contribution >= 4 is 16.7 Å². The van der Waals surface area contributed by atoms with E-state index in [9.17, 15) is 8.78 Å². The fraction of sp³-hybridized carbons (Fsp3) is 0.500. The third kappa shape index (κ3) is 5.48. The Labute approximate surface area is 217 Å². The molecule has 1 saturated heterocycles. The number of likely N-dealkylation sites (N-methyl/N-ethyl adjacent to an activating group) is 1. The lowest BCUT2D eigenvalue weighted by Crippen LogP contribution is -2.50. The number of benzene rings is 2. The number of alkyl halides is 2. The first-order valence-corrected chi connectivity index (χ1v) is 12.5. The van der Waals surface area contributed by atoms with Crippen LogP contribution in [-0.4, -0.2) is 61.4 Å². The van der Waals surface area contributed by atoms with E-state index < -0.39 is 6.43 Å². The van der Waals surface area contributed by atoms with Crippen molar-refractivity contribution in [1.82, 2.24) is 14.9 Å². The fourth-order valence-corrected chi connectivity index (χ4v) is 5.26. The molecule has 1 aliphatic heterocycles. The number of halogens is 2. The number of hydrogen-bond donors (Lipinski definition) is 1. The number of aryl methyl sites for hydroxylation is 1. The van der Waals surface area contributed by atoms with Crippen molar-refractivity contribution in [3.63, 3.8) is 0 Å². The lowest BCUT2D eigenvalue weighted by molar-refractivity contribution is 0.0177. The van der Waals surface area contributed by atoms with Gasteiger partial charge in [0.05, 0.1) is 30.8 Å². The summed E-state index contributed by atoms with van der Waals surface area (Å²) >= 11 is 0. The maximum Gasteiger partial charge on any atom is 0.264 e. The predicted molar refractivity (Wildman–Crippen MR) is 141 cm³/mol. The minimum Gasteiger partial charge on any atom is -0.493 e. The van der Waals surface area contributed by atoms with Gasteiger partial charge in [-0.1, -0.05) is 18.2 Å². The van der Waals surface area contributed by atoms with Crippen molar-refractivity contribution in [3.8, 4) is 11.5 Å². The van der Waals surface area contributed by atoms with E-state index in [4.69, 9.17) is 14.2 Å². The lowest BCUT2D eigenvalue weighted by Gasteiger charge is -2.35. The second-order valence-corrected chi connectivity index (χ2v) is 9.84. The van der Waals surface area contributed by atoms with Crippen molar-refractivity contribution in [3.05, 3.63) is 52.8 Å².